The van der Waals surface area contributed by atoms with Crippen LogP contribution in [0, 0.1) is 5.92 Å². The maximum atomic E-state index is 11.3. The summed E-state index contributed by atoms with van der Waals surface area (Å²) in [5, 5.41) is 12.1. The average molecular weight is 248 g/mol. The Bertz CT molecular complexity index is 473. The monoisotopic (exact) mass is 248 g/mol. The van der Waals surface area contributed by atoms with Crippen LogP contribution in [0.25, 0.3) is 0 Å². The van der Waals surface area contributed by atoms with Crippen molar-refractivity contribution in [2.45, 2.75) is 25.3 Å². The van der Waals surface area contributed by atoms with Crippen molar-refractivity contribution >= 4 is 17.6 Å². The van der Waals surface area contributed by atoms with E-state index in [0.29, 0.717) is 24.1 Å². The molecule has 0 aliphatic heterocycles. The van der Waals surface area contributed by atoms with Crippen molar-refractivity contribution in [1.82, 2.24) is 0 Å². The van der Waals surface area contributed by atoms with Crippen molar-refractivity contribution in [2.75, 3.05) is 5.32 Å². The van der Waals surface area contributed by atoms with Crippen LogP contribution in [0.3, 0.4) is 0 Å². The molecular formula is C13H16N2O3. The van der Waals surface area contributed by atoms with Gasteiger partial charge in [0.25, 0.3) is 5.91 Å². The van der Waals surface area contributed by atoms with Gasteiger partial charge in [-0.1, -0.05) is 12.1 Å². The molecule has 1 fully saturated rings. The molecule has 96 valence electrons. The molecule has 1 aliphatic rings. The average Bonchev–Trinajstić information content (AvgIpc) is 2.78. The zero-order valence-corrected chi connectivity index (χ0v) is 9.93. The molecule has 0 saturated heterocycles. The van der Waals surface area contributed by atoms with Crippen molar-refractivity contribution in [3.8, 4) is 0 Å². The SMILES string of the molecule is NC(=O)c1ccccc1NC1CCC(C(=O)O)C1. The molecule has 0 spiro atoms. The van der Waals surface area contributed by atoms with E-state index in [4.69, 9.17) is 10.8 Å². The van der Waals surface area contributed by atoms with E-state index < -0.39 is 11.9 Å². The van der Waals surface area contributed by atoms with Gasteiger partial charge in [0.2, 0.25) is 0 Å². The number of hydrogen-bond donors (Lipinski definition) is 3. The summed E-state index contributed by atoms with van der Waals surface area (Å²) in [5.74, 6) is -1.52. The minimum absolute atomic E-state index is 0.0894. The standard InChI is InChI=1S/C13H16N2O3/c14-12(16)10-3-1-2-4-11(10)15-9-6-5-8(7-9)13(17)18/h1-4,8-9,15H,5-7H2,(H2,14,16)(H,17,18). The normalized spacial score (nSPS) is 22.7. The summed E-state index contributed by atoms with van der Waals surface area (Å²) in [5.41, 5.74) is 6.41. The van der Waals surface area contributed by atoms with Gasteiger partial charge in [-0.2, -0.15) is 0 Å². The van der Waals surface area contributed by atoms with Crippen LogP contribution in [-0.4, -0.2) is 23.0 Å². The van der Waals surface area contributed by atoms with Crippen LogP contribution in [-0.2, 0) is 4.79 Å². The molecule has 0 heterocycles. The molecule has 1 aliphatic carbocycles. The van der Waals surface area contributed by atoms with E-state index in [1.807, 2.05) is 6.07 Å². The van der Waals surface area contributed by atoms with Gasteiger partial charge >= 0.3 is 5.97 Å². The Hall–Kier alpha value is -2.04. The number of para-hydroxylation sites is 1. The van der Waals surface area contributed by atoms with Crippen LogP contribution in [0.15, 0.2) is 24.3 Å². The molecule has 4 N–H and O–H groups in total. The second-order valence-corrected chi connectivity index (χ2v) is 4.60. The lowest BCUT2D eigenvalue weighted by molar-refractivity contribution is -0.141. The van der Waals surface area contributed by atoms with E-state index in [9.17, 15) is 9.59 Å². The first-order valence-electron chi connectivity index (χ1n) is 5.96. The summed E-state index contributed by atoms with van der Waals surface area (Å²) in [7, 11) is 0. The number of carbonyl (C=O) groups excluding carboxylic acids is 1. The number of anilines is 1. The molecule has 0 aromatic heterocycles. The van der Waals surface area contributed by atoms with Crippen LogP contribution in [0.2, 0.25) is 0 Å². The van der Waals surface area contributed by atoms with Crippen LogP contribution in [0.5, 0.6) is 0 Å². The quantitative estimate of drug-likeness (QED) is 0.752. The van der Waals surface area contributed by atoms with Gasteiger partial charge in [-0.05, 0) is 31.4 Å². The summed E-state index contributed by atoms with van der Waals surface area (Å²) in [6.45, 7) is 0. The minimum atomic E-state index is -0.748. The predicted molar refractivity (Wildman–Crippen MR) is 67.3 cm³/mol. The lowest BCUT2D eigenvalue weighted by atomic mass is 10.1. The highest BCUT2D eigenvalue weighted by Crippen LogP contribution is 2.29. The molecule has 2 rings (SSSR count). The van der Waals surface area contributed by atoms with Crippen LogP contribution in [0.1, 0.15) is 29.6 Å². The number of aliphatic carboxylic acids is 1. The fraction of sp³-hybridized carbons (Fsp3) is 0.385. The van der Waals surface area contributed by atoms with E-state index in [0.717, 1.165) is 6.42 Å². The summed E-state index contributed by atoms with van der Waals surface area (Å²) >= 11 is 0. The zero-order valence-electron chi connectivity index (χ0n) is 9.93. The van der Waals surface area contributed by atoms with E-state index in [1.165, 1.54) is 0 Å². The minimum Gasteiger partial charge on any atom is -0.481 e. The third-order valence-electron chi connectivity index (χ3n) is 3.33. The number of amides is 1. The van der Waals surface area contributed by atoms with Gasteiger partial charge in [-0.3, -0.25) is 9.59 Å². The first-order chi connectivity index (χ1) is 8.58. The Morgan fingerprint density at radius 3 is 2.61 bits per heavy atom. The molecule has 1 amide bonds. The third kappa shape index (κ3) is 2.61. The van der Waals surface area contributed by atoms with Crippen LogP contribution >= 0.6 is 0 Å². The van der Waals surface area contributed by atoms with Gasteiger partial charge in [0.1, 0.15) is 0 Å². The van der Waals surface area contributed by atoms with Crippen molar-refractivity contribution in [3.63, 3.8) is 0 Å². The molecule has 18 heavy (non-hydrogen) atoms. The number of carboxylic acids is 1. The number of nitrogens with two attached hydrogens (primary N) is 1. The lowest BCUT2D eigenvalue weighted by Gasteiger charge is -2.16. The van der Waals surface area contributed by atoms with Gasteiger partial charge in [-0.15, -0.1) is 0 Å². The summed E-state index contributed by atoms with van der Waals surface area (Å²) in [6.07, 6.45) is 2.05. The molecule has 1 saturated carbocycles. The smallest absolute Gasteiger partial charge is 0.306 e. The first kappa shape index (κ1) is 12.4. The second-order valence-electron chi connectivity index (χ2n) is 4.60. The molecule has 2 unspecified atom stereocenters. The number of nitrogens with one attached hydrogen (secondary N) is 1. The Morgan fingerprint density at radius 2 is 2.00 bits per heavy atom. The number of rotatable bonds is 4. The largest absolute Gasteiger partial charge is 0.481 e. The first-order valence-corrected chi connectivity index (χ1v) is 5.96. The Balaban J connectivity index is 2.07. The molecule has 5 nitrogen and oxygen atoms in total. The third-order valence-corrected chi connectivity index (χ3v) is 3.33. The number of primary amides is 1. The van der Waals surface area contributed by atoms with Gasteiger partial charge in [-0.25, -0.2) is 0 Å². The Labute approximate surface area is 105 Å². The molecule has 1 aromatic rings. The van der Waals surface area contributed by atoms with Crippen molar-refractivity contribution in [2.24, 2.45) is 11.7 Å². The maximum absolute atomic E-state index is 11.3. The number of carboxylic acid groups (broad SMARTS) is 1. The molecule has 5 heteroatoms. The topological polar surface area (TPSA) is 92.4 Å². The highest BCUT2D eigenvalue weighted by molar-refractivity contribution is 5.98. The lowest BCUT2D eigenvalue weighted by Crippen LogP contribution is -2.21. The predicted octanol–water partition coefficient (Wildman–Crippen LogP) is 1.45. The molecule has 1 aromatic carbocycles. The Kier molecular flexibility index (Phi) is 3.50. The fourth-order valence-corrected chi connectivity index (χ4v) is 2.38. The molecule has 2 atom stereocenters. The van der Waals surface area contributed by atoms with E-state index in [-0.39, 0.29) is 12.0 Å². The van der Waals surface area contributed by atoms with Gasteiger partial charge in [0.05, 0.1) is 11.5 Å². The van der Waals surface area contributed by atoms with Gasteiger partial charge in [0.15, 0.2) is 0 Å². The fourth-order valence-electron chi connectivity index (χ4n) is 2.38. The molecule has 0 bridgehead atoms. The number of hydrogen-bond acceptors (Lipinski definition) is 3. The van der Waals surface area contributed by atoms with Crippen molar-refractivity contribution in [1.29, 1.82) is 0 Å². The second kappa shape index (κ2) is 5.08. The summed E-state index contributed by atoms with van der Waals surface area (Å²) in [4.78, 5) is 22.1. The maximum Gasteiger partial charge on any atom is 0.306 e. The summed E-state index contributed by atoms with van der Waals surface area (Å²) < 4.78 is 0. The number of carbonyl (C=O) groups is 2. The summed E-state index contributed by atoms with van der Waals surface area (Å²) in [6, 6.07) is 7.10. The van der Waals surface area contributed by atoms with Crippen molar-refractivity contribution in [3.05, 3.63) is 29.8 Å². The number of benzene rings is 1. The highest BCUT2D eigenvalue weighted by Gasteiger charge is 2.29. The van der Waals surface area contributed by atoms with E-state index in [1.54, 1.807) is 18.2 Å². The van der Waals surface area contributed by atoms with Crippen LogP contribution < -0.4 is 11.1 Å². The van der Waals surface area contributed by atoms with Crippen LogP contribution in [0.4, 0.5) is 5.69 Å². The zero-order chi connectivity index (χ0) is 13.1. The van der Waals surface area contributed by atoms with Gasteiger partial charge < -0.3 is 16.2 Å². The highest BCUT2D eigenvalue weighted by atomic mass is 16.4. The van der Waals surface area contributed by atoms with E-state index in [2.05, 4.69) is 5.32 Å². The Morgan fingerprint density at radius 1 is 1.28 bits per heavy atom. The molecule has 0 radical (unpaired) electrons. The van der Waals surface area contributed by atoms with Crippen molar-refractivity contribution < 1.29 is 14.7 Å². The van der Waals surface area contributed by atoms with Gasteiger partial charge in [0, 0.05) is 11.7 Å². The molecular weight excluding hydrogens is 232 g/mol. The van der Waals surface area contributed by atoms with E-state index >= 15 is 0 Å².